The predicted molar refractivity (Wildman–Crippen MR) is 126 cm³/mol. The first-order valence-corrected chi connectivity index (χ1v) is 12.2. The van der Waals surface area contributed by atoms with Crippen molar-refractivity contribution in [2.24, 2.45) is 0 Å². The molecule has 0 saturated heterocycles. The lowest BCUT2D eigenvalue weighted by Crippen LogP contribution is -2.50. The number of hydrogen-bond acceptors (Lipinski definition) is 4. The van der Waals surface area contributed by atoms with Gasteiger partial charge in [0, 0.05) is 18.3 Å². The first-order valence-electron chi connectivity index (χ1n) is 11.0. The van der Waals surface area contributed by atoms with Gasteiger partial charge in [0.2, 0.25) is 11.8 Å². The second kappa shape index (κ2) is 11.9. The standard InChI is InChI=1S/C25H31FN2O3S/c1-18(25(30)27-22-7-3-4-8-22)28(15-20-6-5-9-23(14-20)31-2)24(29)17-32-16-19-10-12-21(26)13-11-19/h5-6,9-14,18,22H,3-4,7-8,15-17H2,1-2H3,(H,27,30)/t18-/m1/s1. The fourth-order valence-electron chi connectivity index (χ4n) is 3.86. The molecule has 2 aromatic rings. The van der Waals surface area contributed by atoms with E-state index in [0.717, 1.165) is 36.8 Å². The normalized spacial score (nSPS) is 14.7. The molecule has 0 aromatic heterocycles. The van der Waals surface area contributed by atoms with Gasteiger partial charge in [-0.25, -0.2) is 4.39 Å². The molecule has 32 heavy (non-hydrogen) atoms. The molecule has 2 amide bonds. The maximum atomic E-state index is 13.2. The predicted octanol–water partition coefficient (Wildman–Crippen LogP) is 4.54. The molecule has 1 fully saturated rings. The van der Waals surface area contributed by atoms with Crippen LogP contribution in [-0.2, 0) is 21.9 Å². The SMILES string of the molecule is COc1cccc(CN(C(=O)CSCc2ccc(F)cc2)[C@H](C)C(=O)NC2CCCC2)c1. The van der Waals surface area contributed by atoms with Gasteiger partial charge in [-0.2, -0.15) is 0 Å². The first kappa shape index (κ1) is 24.1. The Morgan fingerprint density at radius 2 is 1.88 bits per heavy atom. The van der Waals surface area contributed by atoms with Crippen molar-refractivity contribution in [3.05, 3.63) is 65.5 Å². The monoisotopic (exact) mass is 458 g/mol. The third-order valence-corrected chi connectivity index (χ3v) is 6.75. The molecule has 1 atom stereocenters. The van der Waals surface area contributed by atoms with Crippen molar-refractivity contribution in [2.75, 3.05) is 12.9 Å². The van der Waals surface area contributed by atoms with Crippen molar-refractivity contribution in [3.63, 3.8) is 0 Å². The molecule has 0 unspecified atom stereocenters. The summed E-state index contributed by atoms with van der Waals surface area (Å²) >= 11 is 1.46. The highest BCUT2D eigenvalue weighted by atomic mass is 32.2. The molecule has 1 saturated carbocycles. The van der Waals surface area contributed by atoms with Crippen LogP contribution in [0.15, 0.2) is 48.5 Å². The molecule has 0 bridgehead atoms. The maximum absolute atomic E-state index is 13.2. The van der Waals surface area contributed by atoms with Gasteiger partial charge in [-0.15, -0.1) is 11.8 Å². The van der Waals surface area contributed by atoms with E-state index in [1.807, 2.05) is 24.3 Å². The van der Waals surface area contributed by atoms with E-state index in [9.17, 15) is 14.0 Å². The Hall–Kier alpha value is -2.54. The number of hydrogen-bond donors (Lipinski definition) is 1. The molecule has 5 nitrogen and oxygen atoms in total. The van der Waals surface area contributed by atoms with Crippen LogP contribution in [0.1, 0.15) is 43.7 Å². The Morgan fingerprint density at radius 3 is 2.56 bits per heavy atom. The van der Waals surface area contributed by atoms with Crippen molar-refractivity contribution >= 4 is 23.6 Å². The first-order chi connectivity index (χ1) is 15.5. The second-order valence-electron chi connectivity index (χ2n) is 8.16. The topological polar surface area (TPSA) is 58.6 Å². The van der Waals surface area contributed by atoms with E-state index < -0.39 is 6.04 Å². The van der Waals surface area contributed by atoms with E-state index in [-0.39, 0.29) is 29.4 Å². The molecular formula is C25H31FN2O3S. The van der Waals surface area contributed by atoms with Crippen LogP contribution in [0.4, 0.5) is 4.39 Å². The molecule has 0 heterocycles. The number of nitrogens with zero attached hydrogens (tertiary/aromatic N) is 1. The van der Waals surface area contributed by atoms with Crippen LogP contribution in [0.2, 0.25) is 0 Å². The van der Waals surface area contributed by atoms with Gasteiger partial charge in [0.1, 0.15) is 17.6 Å². The molecule has 0 spiro atoms. The molecular weight excluding hydrogens is 427 g/mol. The number of rotatable bonds is 10. The summed E-state index contributed by atoms with van der Waals surface area (Å²) in [6.07, 6.45) is 4.25. The zero-order valence-corrected chi connectivity index (χ0v) is 19.5. The summed E-state index contributed by atoms with van der Waals surface area (Å²) in [7, 11) is 1.60. The summed E-state index contributed by atoms with van der Waals surface area (Å²) < 4.78 is 18.4. The van der Waals surface area contributed by atoms with E-state index in [2.05, 4.69) is 5.32 Å². The third-order valence-electron chi connectivity index (χ3n) is 5.76. The number of thioether (sulfide) groups is 1. The summed E-state index contributed by atoms with van der Waals surface area (Å²) in [5, 5.41) is 3.11. The number of amides is 2. The quantitative estimate of drug-likeness (QED) is 0.568. The van der Waals surface area contributed by atoms with Crippen molar-refractivity contribution in [2.45, 2.75) is 57.0 Å². The van der Waals surface area contributed by atoms with Gasteiger partial charge >= 0.3 is 0 Å². The maximum Gasteiger partial charge on any atom is 0.242 e. The van der Waals surface area contributed by atoms with Crippen molar-refractivity contribution in [1.29, 1.82) is 0 Å². The van der Waals surface area contributed by atoms with Gasteiger partial charge < -0.3 is 15.0 Å². The highest BCUT2D eigenvalue weighted by Gasteiger charge is 2.28. The third kappa shape index (κ3) is 6.99. The van der Waals surface area contributed by atoms with Gasteiger partial charge in [-0.1, -0.05) is 37.1 Å². The zero-order valence-electron chi connectivity index (χ0n) is 18.7. The molecule has 2 aromatic carbocycles. The minimum atomic E-state index is -0.583. The number of carbonyl (C=O) groups excluding carboxylic acids is 2. The van der Waals surface area contributed by atoms with E-state index >= 15 is 0 Å². The molecule has 7 heteroatoms. The number of nitrogens with one attached hydrogen (secondary N) is 1. The van der Waals surface area contributed by atoms with Crippen molar-refractivity contribution in [3.8, 4) is 5.75 Å². The van der Waals surface area contributed by atoms with Crippen LogP contribution >= 0.6 is 11.8 Å². The van der Waals surface area contributed by atoms with Gasteiger partial charge in [-0.05, 0) is 55.2 Å². The van der Waals surface area contributed by atoms with E-state index in [1.165, 1.54) is 23.9 Å². The van der Waals surface area contributed by atoms with Crippen LogP contribution < -0.4 is 10.1 Å². The average molecular weight is 459 g/mol. The van der Waals surface area contributed by atoms with E-state index in [4.69, 9.17) is 4.74 Å². The molecule has 3 rings (SSSR count). The summed E-state index contributed by atoms with van der Waals surface area (Å²) in [5.74, 6) is 1.06. The number of methoxy groups -OCH3 is 1. The molecule has 1 aliphatic carbocycles. The lowest BCUT2D eigenvalue weighted by atomic mass is 10.1. The zero-order chi connectivity index (χ0) is 22.9. The number of halogens is 1. The van der Waals surface area contributed by atoms with Crippen LogP contribution in [-0.4, -0.2) is 41.7 Å². The number of ether oxygens (including phenoxy) is 1. The van der Waals surface area contributed by atoms with Gasteiger partial charge in [0.15, 0.2) is 0 Å². The Kier molecular flexibility index (Phi) is 8.97. The van der Waals surface area contributed by atoms with Gasteiger partial charge in [0.05, 0.1) is 12.9 Å². The average Bonchev–Trinajstić information content (AvgIpc) is 3.31. The Bertz CT molecular complexity index is 900. The van der Waals surface area contributed by atoms with Crippen LogP contribution in [0.3, 0.4) is 0 Å². The Labute approximate surface area is 193 Å². The molecule has 1 aliphatic rings. The van der Waals surface area contributed by atoms with Gasteiger partial charge in [-0.3, -0.25) is 9.59 Å². The lowest BCUT2D eigenvalue weighted by Gasteiger charge is -2.29. The van der Waals surface area contributed by atoms with E-state index in [0.29, 0.717) is 18.0 Å². The summed E-state index contributed by atoms with van der Waals surface area (Å²) in [5.41, 5.74) is 1.86. The van der Waals surface area contributed by atoms with E-state index in [1.54, 1.807) is 31.1 Å². The lowest BCUT2D eigenvalue weighted by molar-refractivity contribution is -0.138. The largest absolute Gasteiger partial charge is 0.497 e. The summed E-state index contributed by atoms with van der Waals surface area (Å²) in [4.78, 5) is 27.7. The molecule has 1 N–H and O–H groups in total. The van der Waals surface area contributed by atoms with Gasteiger partial charge in [0.25, 0.3) is 0 Å². The summed E-state index contributed by atoms with van der Waals surface area (Å²) in [6, 6.07) is 13.4. The smallest absolute Gasteiger partial charge is 0.242 e. The number of carbonyl (C=O) groups is 2. The Morgan fingerprint density at radius 1 is 1.16 bits per heavy atom. The van der Waals surface area contributed by atoms with Crippen molar-refractivity contribution in [1.82, 2.24) is 10.2 Å². The van der Waals surface area contributed by atoms with Crippen LogP contribution in [0.5, 0.6) is 5.75 Å². The Balaban J connectivity index is 1.66. The minimum Gasteiger partial charge on any atom is -0.497 e. The highest BCUT2D eigenvalue weighted by molar-refractivity contribution is 7.99. The number of benzene rings is 2. The van der Waals surface area contributed by atoms with Crippen molar-refractivity contribution < 1.29 is 18.7 Å². The highest BCUT2D eigenvalue weighted by Crippen LogP contribution is 2.21. The van der Waals surface area contributed by atoms with Crippen LogP contribution in [0.25, 0.3) is 0 Å². The van der Waals surface area contributed by atoms with Crippen LogP contribution in [0, 0.1) is 5.82 Å². The fourth-order valence-corrected chi connectivity index (χ4v) is 4.73. The minimum absolute atomic E-state index is 0.103. The molecule has 172 valence electrons. The fraction of sp³-hybridized carbons (Fsp3) is 0.440. The second-order valence-corrected chi connectivity index (χ2v) is 9.14. The summed E-state index contributed by atoms with van der Waals surface area (Å²) in [6.45, 7) is 2.11. The molecule has 0 aliphatic heterocycles. The molecule has 0 radical (unpaired) electrons.